The standard InChI is InChI=1S/C13H12N2O3/c16-11-6-2-1-4-9(11)8-15-13(18)10-5-3-7-14-12(10)17/h1-7,16H,8H2,(H,14,17)(H,15,18). The van der Waals surface area contributed by atoms with Crippen LogP contribution in [-0.2, 0) is 6.54 Å². The first kappa shape index (κ1) is 11.9. The van der Waals surface area contributed by atoms with Crippen LogP contribution >= 0.6 is 0 Å². The summed E-state index contributed by atoms with van der Waals surface area (Å²) in [6, 6.07) is 9.72. The molecule has 5 heteroatoms. The molecule has 0 saturated heterocycles. The van der Waals surface area contributed by atoms with Crippen LogP contribution < -0.4 is 10.9 Å². The molecular weight excluding hydrogens is 232 g/mol. The van der Waals surface area contributed by atoms with Crippen molar-refractivity contribution in [3.8, 4) is 5.75 Å². The normalized spacial score (nSPS) is 10.0. The first-order valence-electron chi connectivity index (χ1n) is 5.41. The zero-order valence-corrected chi connectivity index (χ0v) is 9.51. The van der Waals surface area contributed by atoms with Gasteiger partial charge in [0, 0.05) is 18.3 Å². The number of carbonyl (C=O) groups is 1. The monoisotopic (exact) mass is 244 g/mol. The van der Waals surface area contributed by atoms with Crippen LogP contribution in [0, 0.1) is 0 Å². The number of aromatic amines is 1. The molecule has 92 valence electrons. The number of H-pyrrole nitrogens is 1. The van der Waals surface area contributed by atoms with Gasteiger partial charge in [-0.25, -0.2) is 0 Å². The first-order valence-corrected chi connectivity index (χ1v) is 5.41. The first-order chi connectivity index (χ1) is 8.68. The second-order valence-corrected chi connectivity index (χ2v) is 3.72. The number of aromatic hydroxyl groups is 1. The molecule has 0 radical (unpaired) electrons. The summed E-state index contributed by atoms with van der Waals surface area (Å²) in [6.07, 6.45) is 1.46. The van der Waals surface area contributed by atoms with Gasteiger partial charge in [0.25, 0.3) is 11.5 Å². The fraction of sp³-hybridized carbons (Fsp3) is 0.0769. The summed E-state index contributed by atoms with van der Waals surface area (Å²) in [5.41, 5.74) is 0.207. The predicted molar refractivity (Wildman–Crippen MR) is 66.3 cm³/mol. The lowest BCUT2D eigenvalue weighted by atomic mass is 10.2. The molecule has 0 fully saturated rings. The van der Waals surface area contributed by atoms with Crippen molar-refractivity contribution >= 4 is 5.91 Å². The fourth-order valence-electron chi connectivity index (χ4n) is 1.53. The van der Waals surface area contributed by atoms with Gasteiger partial charge in [0.15, 0.2) is 0 Å². The molecule has 1 aromatic carbocycles. The average molecular weight is 244 g/mol. The Labute approximate surface area is 103 Å². The molecular formula is C13H12N2O3. The predicted octanol–water partition coefficient (Wildman–Crippen LogP) is 1.01. The van der Waals surface area contributed by atoms with Crippen LogP contribution in [0.2, 0.25) is 0 Å². The molecule has 3 N–H and O–H groups in total. The molecule has 0 saturated carbocycles. The minimum Gasteiger partial charge on any atom is -0.508 e. The zero-order valence-electron chi connectivity index (χ0n) is 9.51. The molecule has 0 spiro atoms. The average Bonchev–Trinajstić information content (AvgIpc) is 2.38. The number of phenolic OH excluding ortho intramolecular Hbond substituents is 1. The van der Waals surface area contributed by atoms with Crippen molar-refractivity contribution in [2.24, 2.45) is 0 Å². The van der Waals surface area contributed by atoms with Crippen molar-refractivity contribution in [3.05, 3.63) is 64.1 Å². The maximum atomic E-state index is 11.7. The molecule has 0 bridgehead atoms. The Balaban J connectivity index is 2.08. The molecule has 2 rings (SSSR count). The van der Waals surface area contributed by atoms with E-state index in [0.717, 1.165) is 0 Å². The number of amides is 1. The summed E-state index contributed by atoms with van der Waals surface area (Å²) in [4.78, 5) is 25.5. The molecule has 0 aliphatic heterocycles. The number of hydrogen-bond acceptors (Lipinski definition) is 3. The van der Waals surface area contributed by atoms with E-state index < -0.39 is 11.5 Å². The lowest BCUT2D eigenvalue weighted by molar-refractivity contribution is 0.0949. The lowest BCUT2D eigenvalue weighted by Gasteiger charge is -2.06. The highest BCUT2D eigenvalue weighted by molar-refractivity contribution is 5.93. The minimum absolute atomic E-state index is 0.0490. The van der Waals surface area contributed by atoms with Crippen molar-refractivity contribution < 1.29 is 9.90 Å². The summed E-state index contributed by atoms with van der Waals surface area (Å²) in [5, 5.41) is 12.1. The Kier molecular flexibility index (Phi) is 3.43. The third kappa shape index (κ3) is 2.57. The highest BCUT2D eigenvalue weighted by atomic mass is 16.3. The number of aromatic nitrogens is 1. The Morgan fingerprint density at radius 2 is 2.00 bits per heavy atom. The Bertz CT molecular complexity index is 619. The molecule has 1 amide bonds. The summed E-state index contributed by atoms with van der Waals surface area (Å²) in [6.45, 7) is 0.167. The van der Waals surface area contributed by atoms with Crippen molar-refractivity contribution in [1.29, 1.82) is 0 Å². The second kappa shape index (κ2) is 5.18. The molecule has 5 nitrogen and oxygen atoms in total. The molecule has 0 atom stereocenters. The van der Waals surface area contributed by atoms with Crippen LogP contribution in [0.1, 0.15) is 15.9 Å². The van der Waals surface area contributed by atoms with Crippen LogP contribution in [0.25, 0.3) is 0 Å². The molecule has 1 heterocycles. The van der Waals surface area contributed by atoms with Gasteiger partial charge in [-0.05, 0) is 18.2 Å². The van der Waals surface area contributed by atoms with Gasteiger partial charge in [0.2, 0.25) is 0 Å². The topological polar surface area (TPSA) is 82.2 Å². The van der Waals surface area contributed by atoms with E-state index in [1.54, 1.807) is 24.3 Å². The van der Waals surface area contributed by atoms with E-state index in [9.17, 15) is 14.7 Å². The Morgan fingerprint density at radius 3 is 2.72 bits per heavy atom. The van der Waals surface area contributed by atoms with Gasteiger partial charge < -0.3 is 15.4 Å². The molecule has 18 heavy (non-hydrogen) atoms. The highest BCUT2D eigenvalue weighted by Crippen LogP contribution is 2.14. The highest BCUT2D eigenvalue weighted by Gasteiger charge is 2.09. The summed E-state index contributed by atoms with van der Waals surface area (Å²) in [5.74, 6) is -0.361. The molecule has 2 aromatic rings. The van der Waals surface area contributed by atoms with Gasteiger partial charge in [-0.15, -0.1) is 0 Å². The maximum absolute atomic E-state index is 11.7. The van der Waals surface area contributed by atoms with Gasteiger partial charge in [0.1, 0.15) is 11.3 Å². The number of pyridine rings is 1. The van der Waals surface area contributed by atoms with Crippen LogP contribution in [-0.4, -0.2) is 16.0 Å². The Morgan fingerprint density at radius 1 is 1.22 bits per heavy atom. The fourth-order valence-corrected chi connectivity index (χ4v) is 1.53. The van der Waals surface area contributed by atoms with Crippen molar-refractivity contribution in [3.63, 3.8) is 0 Å². The van der Waals surface area contributed by atoms with Crippen molar-refractivity contribution in [1.82, 2.24) is 10.3 Å². The number of carbonyl (C=O) groups excluding carboxylic acids is 1. The lowest BCUT2D eigenvalue weighted by Crippen LogP contribution is -2.28. The summed E-state index contributed by atoms with van der Waals surface area (Å²) < 4.78 is 0. The van der Waals surface area contributed by atoms with Crippen LogP contribution in [0.15, 0.2) is 47.4 Å². The van der Waals surface area contributed by atoms with Gasteiger partial charge >= 0.3 is 0 Å². The van der Waals surface area contributed by atoms with Gasteiger partial charge in [-0.2, -0.15) is 0 Å². The quantitative estimate of drug-likeness (QED) is 0.753. The smallest absolute Gasteiger partial charge is 0.260 e. The van der Waals surface area contributed by atoms with Crippen molar-refractivity contribution in [2.45, 2.75) is 6.54 Å². The molecule has 1 aromatic heterocycles. The molecule has 0 aliphatic rings. The van der Waals surface area contributed by atoms with E-state index in [0.29, 0.717) is 5.56 Å². The van der Waals surface area contributed by atoms with Gasteiger partial charge in [-0.3, -0.25) is 9.59 Å². The zero-order chi connectivity index (χ0) is 13.0. The van der Waals surface area contributed by atoms with Crippen LogP contribution in [0.4, 0.5) is 0 Å². The van der Waals surface area contributed by atoms with Crippen molar-refractivity contribution in [2.75, 3.05) is 0 Å². The Hall–Kier alpha value is -2.56. The number of benzene rings is 1. The SMILES string of the molecule is O=C(NCc1ccccc1O)c1ccc[nH]c1=O. The van der Waals surface area contributed by atoms with E-state index in [-0.39, 0.29) is 17.9 Å². The van der Waals surface area contributed by atoms with E-state index in [2.05, 4.69) is 10.3 Å². The van der Waals surface area contributed by atoms with E-state index in [1.165, 1.54) is 18.3 Å². The number of para-hydroxylation sites is 1. The maximum Gasteiger partial charge on any atom is 0.260 e. The van der Waals surface area contributed by atoms with E-state index >= 15 is 0 Å². The van der Waals surface area contributed by atoms with Crippen LogP contribution in [0.5, 0.6) is 5.75 Å². The second-order valence-electron chi connectivity index (χ2n) is 3.72. The number of nitrogens with one attached hydrogen (secondary N) is 2. The van der Waals surface area contributed by atoms with E-state index in [1.807, 2.05) is 0 Å². The third-order valence-corrected chi connectivity index (χ3v) is 2.49. The van der Waals surface area contributed by atoms with Gasteiger partial charge in [-0.1, -0.05) is 18.2 Å². The molecule has 0 unspecified atom stereocenters. The minimum atomic E-state index is -0.472. The number of rotatable bonds is 3. The van der Waals surface area contributed by atoms with Gasteiger partial charge in [0.05, 0.1) is 0 Å². The third-order valence-electron chi connectivity index (χ3n) is 2.49. The largest absolute Gasteiger partial charge is 0.508 e. The number of phenols is 1. The molecule has 0 aliphatic carbocycles. The van der Waals surface area contributed by atoms with Crippen LogP contribution in [0.3, 0.4) is 0 Å². The van der Waals surface area contributed by atoms with E-state index in [4.69, 9.17) is 0 Å². The summed E-state index contributed by atoms with van der Waals surface area (Å²) >= 11 is 0. The number of hydrogen-bond donors (Lipinski definition) is 3. The summed E-state index contributed by atoms with van der Waals surface area (Å²) in [7, 11) is 0.